The number of hydrogen-bond donors (Lipinski definition) is 2. The van der Waals surface area contributed by atoms with E-state index in [1.807, 2.05) is 24.3 Å². The Hall–Kier alpha value is -2.17. The Morgan fingerprint density at radius 2 is 1.83 bits per heavy atom. The number of amides is 1. The molecule has 126 valence electrons. The Kier molecular flexibility index (Phi) is 5.99. The van der Waals surface area contributed by atoms with E-state index in [0.717, 1.165) is 13.0 Å². The van der Waals surface area contributed by atoms with Gasteiger partial charge in [0.1, 0.15) is 6.04 Å². The average molecular weight is 324 g/mol. The summed E-state index contributed by atoms with van der Waals surface area (Å²) in [5, 5.41) is 6.28. The Balaban J connectivity index is 1.64. The van der Waals surface area contributed by atoms with Gasteiger partial charge in [-0.2, -0.15) is 0 Å². The van der Waals surface area contributed by atoms with Gasteiger partial charge in [0, 0.05) is 19.0 Å². The van der Waals surface area contributed by atoms with Crippen LogP contribution >= 0.6 is 0 Å². The van der Waals surface area contributed by atoms with Gasteiger partial charge in [-0.25, -0.2) is 0 Å². The summed E-state index contributed by atoms with van der Waals surface area (Å²) in [6.07, 6.45) is 0.903. The van der Waals surface area contributed by atoms with Crippen molar-refractivity contribution < 1.29 is 9.53 Å². The molecule has 2 aromatic carbocycles. The molecule has 0 aliphatic carbocycles. The van der Waals surface area contributed by atoms with E-state index in [4.69, 9.17) is 4.74 Å². The second-order valence-corrected chi connectivity index (χ2v) is 6.12. The van der Waals surface area contributed by atoms with Crippen LogP contribution in [-0.4, -0.2) is 38.3 Å². The largest absolute Gasteiger partial charge is 0.378 e. The monoisotopic (exact) mass is 324 g/mol. The minimum absolute atomic E-state index is 0.0173. The number of rotatable bonds is 6. The Labute approximate surface area is 143 Å². The van der Waals surface area contributed by atoms with Crippen LogP contribution in [0.1, 0.15) is 17.0 Å². The van der Waals surface area contributed by atoms with E-state index in [-0.39, 0.29) is 17.9 Å². The summed E-state index contributed by atoms with van der Waals surface area (Å²) in [7, 11) is 0. The summed E-state index contributed by atoms with van der Waals surface area (Å²) in [5.41, 5.74) is 2.52. The zero-order valence-corrected chi connectivity index (χ0v) is 13.8. The molecule has 2 atom stereocenters. The summed E-state index contributed by atoms with van der Waals surface area (Å²) < 4.78 is 5.37. The van der Waals surface area contributed by atoms with Gasteiger partial charge in [0.15, 0.2) is 0 Å². The number of carbonyl (C=O) groups is 1. The van der Waals surface area contributed by atoms with Crippen LogP contribution in [0.15, 0.2) is 60.7 Å². The molecular weight excluding hydrogens is 300 g/mol. The molecule has 1 aliphatic rings. The first-order valence-electron chi connectivity index (χ1n) is 8.50. The third-order valence-corrected chi connectivity index (χ3v) is 4.36. The highest BCUT2D eigenvalue weighted by atomic mass is 16.5. The summed E-state index contributed by atoms with van der Waals surface area (Å²) in [4.78, 5) is 12.3. The molecule has 1 amide bonds. The molecule has 1 aliphatic heterocycles. The van der Waals surface area contributed by atoms with E-state index >= 15 is 0 Å². The molecule has 0 aromatic heterocycles. The van der Waals surface area contributed by atoms with Crippen molar-refractivity contribution in [2.24, 2.45) is 0 Å². The number of ether oxygens (including phenoxy) is 1. The van der Waals surface area contributed by atoms with Crippen molar-refractivity contribution in [2.45, 2.75) is 18.4 Å². The third kappa shape index (κ3) is 4.66. The zero-order valence-electron chi connectivity index (χ0n) is 13.8. The summed E-state index contributed by atoms with van der Waals surface area (Å²) in [5.74, 6) is 0.269. The normalized spacial score (nSPS) is 18.8. The second-order valence-electron chi connectivity index (χ2n) is 6.12. The molecular formula is C20H24N2O2. The first-order valence-corrected chi connectivity index (χ1v) is 8.50. The molecule has 24 heavy (non-hydrogen) atoms. The molecule has 2 aromatic rings. The molecule has 0 radical (unpaired) electrons. The molecule has 1 heterocycles. The van der Waals surface area contributed by atoms with E-state index < -0.39 is 0 Å². The number of hydrogen-bond acceptors (Lipinski definition) is 3. The van der Waals surface area contributed by atoms with Gasteiger partial charge < -0.3 is 15.4 Å². The van der Waals surface area contributed by atoms with Gasteiger partial charge in [-0.3, -0.25) is 4.79 Å². The first kappa shape index (κ1) is 16.7. The summed E-state index contributed by atoms with van der Waals surface area (Å²) >= 11 is 0. The van der Waals surface area contributed by atoms with Crippen LogP contribution < -0.4 is 10.6 Å². The van der Waals surface area contributed by atoms with Crippen molar-refractivity contribution in [1.29, 1.82) is 0 Å². The standard InChI is InChI=1S/C20H24N2O2/c23-20(19-15-24-12-11-21-19)22-14-18(17-9-5-2-6-10-17)13-16-7-3-1-4-8-16/h1-10,18-19,21H,11-15H2,(H,22,23)/t18-,19+/m0/s1. The van der Waals surface area contributed by atoms with Gasteiger partial charge in [-0.1, -0.05) is 60.7 Å². The van der Waals surface area contributed by atoms with Gasteiger partial charge in [0.05, 0.1) is 13.2 Å². The van der Waals surface area contributed by atoms with Crippen LogP contribution in [0.2, 0.25) is 0 Å². The van der Waals surface area contributed by atoms with Crippen LogP contribution in [-0.2, 0) is 16.0 Å². The maximum Gasteiger partial charge on any atom is 0.239 e. The Morgan fingerprint density at radius 1 is 1.12 bits per heavy atom. The fourth-order valence-corrected chi connectivity index (χ4v) is 3.01. The minimum atomic E-state index is -0.244. The molecule has 0 saturated carbocycles. The number of morpholine rings is 1. The average Bonchev–Trinajstić information content (AvgIpc) is 2.67. The fourth-order valence-electron chi connectivity index (χ4n) is 3.01. The number of carbonyl (C=O) groups excluding carboxylic acids is 1. The molecule has 4 nitrogen and oxygen atoms in total. The highest BCUT2D eigenvalue weighted by Gasteiger charge is 2.22. The van der Waals surface area contributed by atoms with Gasteiger partial charge in [0.25, 0.3) is 0 Å². The van der Waals surface area contributed by atoms with Gasteiger partial charge >= 0.3 is 0 Å². The van der Waals surface area contributed by atoms with Gasteiger partial charge in [-0.05, 0) is 17.5 Å². The van der Waals surface area contributed by atoms with Crippen molar-refractivity contribution in [3.63, 3.8) is 0 Å². The van der Waals surface area contributed by atoms with E-state index in [2.05, 4.69) is 47.0 Å². The van der Waals surface area contributed by atoms with E-state index in [1.165, 1.54) is 11.1 Å². The lowest BCUT2D eigenvalue weighted by Crippen LogP contribution is -2.51. The van der Waals surface area contributed by atoms with Crippen molar-refractivity contribution in [1.82, 2.24) is 10.6 Å². The second kappa shape index (κ2) is 8.62. The van der Waals surface area contributed by atoms with Crippen LogP contribution in [0, 0.1) is 0 Å². The molecule has 2 N–H and O–H groups in total. The van der Waals surface area contributed by atoms with E-state index in [9.17, 15) is 4.79 Å². The molecule has 4 heteroatoms. The zero-order chi connectivity index (χ0) is 16.6. The lowest BCUT2D eigenvalue weighted by atomic mass is 9.92. The molecule has 1 fully saturated rings. The SMILES string of the molecule is O=C(NC[C@H](Cc1ccccc1)c1ccccc1)[C@H]1COCCN1. The Bertz CT molecular complexity index is 625. The summed E-state index contributed by atoms with van der Waals surface area (Å²) in [6, 6.07) is 20.5. The molecule has 0 bridgehead atoms. The quantitative estimate of drug-likeness (QED) is 0.856. The van der Waals surface area contributed by atoms with Gasteiger partial charge in [0.2, 0.25) is 5.91 Å². The van der Waals surface area contributed by atoms with Crippen LogP contribution in [0.25, 0.3) is 0 Å². The first-order chi connectivity index (χ1) is 11.8. The summed E-state index contributed by atoms with van der Waals surface area (Å²) in [6.45, 7) is 2.46. The highest BCUT2D eigenvalue weighted by Crippen LogP contribution is 2.20. The molecule has 0 unspecified atom stereocenters. The predicted molar refractivity (Wildman–Crippen MR) is 94.9 cm³/mol. The third-order valence-electron chi connectivity index (χ3n) is 4.36. The molecule has 0 spiro atoms. The topological polar surface area (TPSA) is 50.4 Å². The highest BCUT2D eigenvalue weighted by molar-refractivity contribution is 5.82. The van der Waals surface area contributed by atoms with Crippen molar-refractivity contribution in [3.05, 3.63) is 71.8 Å². The van der Waals surface area contributed by atoms with Crippen LogP contribution in [0.3, 0.4) is 0 Å². The lowest BCUT2D eigenvalue weighted by Gasteiger charge is -2.24. The molecule has 3 rings (SSSR count). The van der Waals surface area contributed by atoms with Crippen molar-refractivity contribution >= 4 is 5.91 Å². The predicted octanol–water partition coefficient (Wildman–Crippen LogP) is 2.12. The van der Waals surface area contributed by atoms with Crippen LogP contribution in [0.5, 0.6) is 0 Å². The fraction of sp³-hybridized carbons (Fsp3) is 0.350. The molecule has 1 saturated heterocycles. The number of nitrogens with one attached hydrogen (secondary N) is 2. The van der Waals surface area contributed by atoms with Crippen LogP contribution in [0.4, 0.5) is 0 Å². The number of benzene rings is 2. The lowest BCUT2D eigenvalue weighted by molar-refractivity contribution is -0.125. The van der Waals surface area contributed by atoms with E-state index in [0.29, 0.717) is 19.8 Å². The Morgan fingerprint density at radius 3 is 2.50 bits per heavy atom. The van der Waals surface area contributed by atoms with Crippen molar-refractivity contribution in [3.8, 4) is 0 Å². The van der Waals surface area contributed by atoms with Gasteiger partial charge in [-0.15, -0.1) is 0 Å². The smallest absolute Gasteiger partial charge is 0.239 e. The minimum Gasteiger partial charge on any atom is -0.378 e. The maximum atomic E-state index is 12.3. The maximum absolute atomic E-state index is 12.3. The van der Waals surface area contributed by atoms with Crippen molar-refractivity contribution in [2.75, 3.05) is 26.3 Å². The van der Waals surface area contributed by atoms with E-state index in [1.54, 1.807) is 0 Å².